The third-order valence-electron chi connectivity index (χ3n) is 6.44. The van der Waals surface area contributed by atoms with Crippen molar-refractivity contribution in [1.29, 1.82) is 0 Å². The molecule has 0 radical (unpaired) electrons. The number of hydrogen-bond acceptors (Lipinski definition) is 7. The van der Waals surface area contributed by atoms with Crippen LogP contribution in [0.25, 0.3) is 5.78 Å². The van der Waals surface area contributed by atoms with Crippen molar-refractivity contribution in [2.45, 2.75) is 39.5 Å². The molecule has 10 nitrogen and oxygen atoms in total. The van der Waals surface area contributed by atoms with E-state index < -0.39 is 0 Å². The highest BCUT2D eigenvalue weighted by atomic mass is 16.7. The maximum Gasteiger partial charge on any atom is 0.252 e. The number of rotatable bonds is 5. The maximum atomic E-state index is 12.8. The SMILES string of the molecule is Cc1nc2ncnn2c(C)c1CCC(=O)N1CCC(C(=O)Nc2ccc3c(c2)OCO3)CC1. The van der Waals surface area contributed by atoms with Crippen molar-refractivity contribution in [3.8, 4) is 11.5 Å². The van der Waals surface area contributed by atoms with Gasteiger partial charge in [-0.3, -0.25) is 9.59 Å². The minimum atomic E-state index is -0.122. The van der Waals surface area contributed by atoms with Crippen molar-refractivity contribution in [3.05, 3.63) is 41.5 Å². The van der Waals surface area contributed by atoms with Crippen molar-refractivity contribution in [2.75, 3.05) is 25.2 Å². The summed E-state index contributed by atoms with van der Waals surface area (Å²) in [6.45, 7) is 5.27. The first-order valence-corrected chi connectivity index (χ1v) is 11.1. The Morgan fingerprint density at radius 3 is 2.76 bits per heavy atom. The average molecular weight is 450 g/mol. The highest BCUT2D eigenvalue weighted by molar-refractivity contribution is 5.93. The van der Waals surface area contributed by atoms with Crippen molar-refractivity contribution in [2.24, 2.45) is 5.92 Å². The van der Waals surface area contributed by atoms with E-state index >= 15 is 0 Å². The quantitative estimate of drug-likeness (QED) is 0.635. The molecule has 3 aromatic rings. The lowest BCUT2D eigenvalue weighted by Crippen LogP contribution is -2.41. The van der Waals surface area contributed by atoms with E-state index in [0.717, 1.165) is 17.0 Å². The zero-order valence-corrected chi connectivity index (χ0v) is 18.7. The summed E-state index contributed by atoms with van der Waals surface area (Å²) in [5, 5.41) is 7.16. The number of amides is 2. The molecule has 10 heteroatoms. The predicted molar refractivity (Wildman–Crippen MR) is 119 cm³/mol. The van der Waals surface area contributed by atoms with Gasteiger partial charge in [0.25, 0.3) is 5.78 Å². The van der Waals surface area contributed by atoms with Crippen LogP contribution in [0.5, 0.6) is 11.5 Å². The number of likely N-dealkylation sites (tertiary alicyclic amines) is 1. The lowest BCUT2D eigenvalue weighted by atomic mass is 9.95. The molecular weight excluding hydrogens is 424 g/mol. The molecule has 5 rings (SSSR count). The normalized spacial score (nSPS) is 15.8. The van der Waals surface area contributed by atoms with Crippen LogP contribution in [0.3, 0.4) is 0 Å². The van der Waals surface area contributed by atoms with E-state index in [1.807, 2.05) is 18.7 Å². The molecule has 2 aliphatic rings. The zero-order chi connectivity index (χ0) is 22.9. The minimum absolute atomic E-state index is 0.0283. The summed E-state index contributed by atoms with van der Waals surface area (Å²) in [6.07, 6.45) is 3.78. The van der Waals surface area contributed by atoms with E-state index in [0.29, 0.717) is 61.7 Å². The Morgan fingerprint density at radius 2 is 1.94 bits per heavy atom. The van der Waals surface area contributed by atoms with Gasteiger partial charge >= 0.3 is 0 Å². The molecule has 1 saturated heterocycles. The molecule has 2 aliphatic heterocycles. The fraction of sp³-hybridized carbons (Fsp3) is 0.435. The first-order valence-electron chi connectivity index (χ1n) is 11.1. The Bertz CT molecular complexity index is 1220. The van der Waals surface area contributed by atoms with Crippen molar-refractivity contribution in [1.82, 2.24) is 24.5 Å². The molecule has 0 unspecified atom stereocenters. The van der Waals surface area contributed by atoms with Gasteiger partial charge in [0, 0.05) is 48.6 Å². The molecule has 1 N–H and O–H groups in total. The first-order chi connectivity index (χ1) is 16.0. The smallest absolute Gasteiger partial charge is 0.252 e. The molecule has 0 atom stereocenters. The Labute approximate surface area is 190 Å². The van der Waals surface area contributed by atoms with Crippen LogP contribution in [0.1, 0.15) is 36.2 Å². The zero-order valence-electron chi connectivity index (χ0n) is 18.7. The van der Waals surface area contributed by atoms with E-state index in [1.165, 1.54) is 6.33 Å². The molecule has 2 amide bonds. The van der Waals surface area contributed by atoms with Crippen molar-refractivity contribution >= 4 is 23.3 Å². The number of hydrogen-bond donors (Lipinski definition) is 1. The first kappa shape index (κ1) is 21.2. The molecular formula is C23H26N6O4. The summed E-state index contributed by atoms with van der Waals surface area (Å²) in [5.74, 6) is 1.84. The van der Waals surface area contributed by atoms with E-state index in [-0.39, 0.29) is 24.5 Å². The number of nitrogens with one attached hydrogen (secondary N) is 1. The Morgan fingerprint density at radius 1 is 1.15 bits per heavy atom. The van der Waals surface area contributed by atoms with Crippen LogP contribution < -0.4 is 14.8 Å². The average Bonchev–Trinajstić information content (AvgIpc) is 3.48. The predicted octanol–water partition coefficient (Wildman–Crippen LogP) is 2.28. The molecule has 33 heavy (non-hydrogen) atoms. The summed E-state index contributed by atoms with van der Waals surface area (Å²) in [6, 6.07) is 5.37. The number of carbonyl (C=O) groups excluding carboxylic acids is 2. The number of piperidine rings is 1. The van der Waals surface area contributed by atoms with Crippen LogP contribution in [0.2, 0.25) is 0 Å². The molecule has 1 aromatic carbocycles. The molecule has 172 valence electrons. The van der Waals surface area contributed by atoms with Crippen LogP contribution in [0.4, 0.5) is 5.69 Å². The van der Waals surface area contributed by atoms with Gasteiger partial charge < -0.3 is 19.7 Å². The van der Waals surface area contributed by atoms with Gasteiger partial charge in [0.1, 0.15) is 6.33 Å². The minimum Gasteiger partial charge on any atom is -0.454 e. The fourth-order valence-electron chi connectivity index (χ4n) is 4.52. The van der Waals surface area contributed by atoms with E-state index in [4.69, 9.17) is 9.47 Å². The number of aryl methyl sites for hydroxylation is 2. The van der Waals surface area contributed by atoms with Crippen molar-refractivity contribution in [3.63, 3.8) is 0 Å². The number of nitrogens with zero attached hydrogens (tertiary/aromatic N) is 5. The van der Waals surface area contributed by atoms with Gasteiger partial charge in [-0.15, -0.1) is 0 Å². The lowest BCUT2D eigenvalue weighted by Gasteiger charge is -2.31. The van der Waals surface area contributed by atoms with Gasteiger partial charge in [-0.25, -0.2) is 9.50 Å². The van der Waals surface area contributed by atoms with Gasteiger partial charge in [-0.2, -0.15) is 10.1 Å². The van der Waals surface area contributed by atoms with Crippen LogP contribution in [-0.4, -0.2) is 56.2 Å². The highest BCUT2D eigenvalue weighted by Gasteiger charge is 2.28. The van der Waals surface area contributed by atoms with Crippen LogP contribution in [0, 0.1) is 19.8 Å². The summed E-state index contributed by atoms with van der Waals surface area (Å²) in [7, 11) is 0. The second kappa shape index (κ2) is 8.68. The van der Waals surface area contributed by atoms with Gasteiger partial charge in [-0.05, 0) is 50.8 Å². The molecule has 0 saturated carbocycles. The van der Waals surface area contributed by atoms with Gasteiger partial charge in [0.05, 0.1) is 0 Å². The molecule has 1 fully saturated rings. The number of carbonyl (C=O) groups is 2. The van der Waals surface area contributed by atoms with E-state index in [1.54, 1.807) is 22.7 Å². The van der Waals surface area contributed by atoms with Crippen molar-refractivity contribution < 1.29 is 19.1 Å². The number of aromatic nitrogens is 4. The van der Waals surface area contributed by atoms with Crippen LogP contribution >= 0.6 is 0 Å². The third-order valence-corrected chi connectivity index (χ3v) is 6.44. The Hall–Kier alpha value is -3.69. The van der Waals surface area contributed by atoms with Crippen LogP contribution in [-0.2, 0) is 16.0 Å². The summed E-state index contributed by atoms with van der Waals surface area (Å²) in [4.78, 5) is 36.0. The Balaban J connectivity index is 1.13. The van der Waals surface area contributed by atoms with Gasteiger partial charge in [0.15, 0.2) is 11.5 Å². The third kappa shape index (κ3) is 4.20. The largest absolute Gasteiger partial charge is 0.454 e. The number of anilines is 1. The summed E-state index contributed by atoms with van der Waals surface area (Å²) < 4.78 is 12.4. The monoisotopic (exact) mass is 450 g/mol. The molecule has 0 spiro atoms. The highest BCUT2D eigenvalue weighted by Crippen LogP contribution is 2.34. The maximum absolute atomic E-state index is 12.8. The molecule has 4 heterocycles. The number of fused-ring (bicyclic) bond motifs is 2. The number of benzene rings is 1. The summed E-state index contributed by atoms with van der Waals surface area (Å²) in [5.41, 5.74) is 3.55. The second-order valence-electron chi connectivity index (χ2n) is 8.45. The fourth-order valence-corrected chi connectivity index (χ4v) is 4.52. The summed E-state index contributed by atoms with van der Waals surface area (Å²) >= 11 is 0. The van der Waals surface area contributed by atoms with Gasteiger partial charge in [0.2, 0.25) is 18.6 Å². The van der Waals surface area contributed by atoms with Gasteiger partial charge in [-0.1, -0.05) is 0 Å². The Kier molecular flexibility index (Phi) is 5.57. The van der Waals surface area contributed by atoms with E-state index in [9.17, 15) is 9.59 Å². The topological polar surface area (TPSA) is 111 Å². The molecule has 2 aromatic heterocycles. The van der Waals surface area contributed by atoms with E-state index in [2.05, 4.69) is 20.4 Å². The number of ether oxygens (including phenoxy) is 2. The second-order valence-corrected chi connectivity index (χ2v) is 8.45. The molecule has 0 aliphatic carbocycles. The lowest BCUT2D eigenvalue weighted by molar-refractivity contribution is -0.134. The van der Waals surface area contributed by atoms with Crippen LogP contribution in [0.15, 0.2) is 24.5 Å². The standard InChI is InChI=1S/C23H26N6O4/c1-14-18(15(2)29-23(26-14)24-12-25-29)4-6-21(30)28-9-7-16(8-10-28)22(31)27-17-3-5-19-20(11-17)33-13-32-19/h3,5,11-12,16H,4,6-10,13H2,1-2H3,(H,27,31). The molecule has 0 bridgehead atoms.